The van der Waals surface area contributed by atoms with Crippen molar-refractivity contribution in [2.45, 2.75) is 13.3 Å². The van der Waals surface area contributed by atoms with Crippen LogP contribution in [0.5, 0.6) is 0 Å². The molecule has 7 nitrogen and oxygen atoms in total. The first-order chi connectivity index (χ1) is 11.6. The number of hydrogen-bond donors (Lipinski definition) is 1. The van der Waals surface area contributed by atoms with Crippen LogP contribution in [0.1, 0.15) is 23.7 Å². The Bertz CT molecular complexity index is 780. The minimum atomic E-state index is -3.69. The van der Waals surface area contributed by atoms with E-state index in [4.69, 9.17) is 11.6 Å². The van der Waals surface area contributed by atoms with Crippen LogP contribution >= 0.6 is 11.6 Å². The van der Waals surface area contributed by atoms with Crippen LogP contribution in [0.25, 0.3) is 0 Å². The molecule has 1 aromatic rings. The van der Waals surface area contributed by atoms with Crippen LogP contribution in [0.2, 0.25) is 5.02 Å². The maximum atomic E-state index is 12.2. The van der Waals surface area contributed by atoms with Crippen molar-refractivity contribution in [1.82, 2.24) is 10.2 Å². The highest BCUT2D eigenvalue weighted by atomic mass is 35.5. The largest absolute Gasteiger partial charge is 0.352 e. The number of anilines is 1. The SMILES string of the molecule is CC1CS(=O)(=O)N(c2ccc(C(=O)NCCCN(C)C)c(Cl)c2)C1=O. The van der Waals surface area contributed by atoms with Crippen LogP contribution in [0, 0.1) is 5.92 Å². The van der Waals surface area contributed by atoms with Gasteiger partial charge in [-0.2, -0.15) is 0 Å². The van der Waals surface area contributed by atoms with E-state index >= 15 is 0 Å². The van der Waals surface area contributed by atoms with E-state index in [0.29, 0.717) is 6.54 Å². The van der Waals surface area contributed by atoms with E-state index in [2.05, 4.69) is 5.32 Å². The molecule has 2 amide bonds. The Balaban J connectivity index is 2.13. The first-order valence-corrected chi connectivity index (χ1v) is 9.91. The summed E-state index contributed by atoms with van der Waals surface area (Å²) in [6, 6.07) is 4.20. The Morgan fingerprint density at radius 1 is 1.40 bits per heavy atom. The van der Waals surface area contributed by atoms with Crippen LogP contribution in [0.4, 0.5) is 5.69 Å². The number of halogens is 1. The van der Waals surface area contributed by atoms with Gasteiger partial charge in [0.1, 0.15) is 0 Å². The van der Waals surface area contributed by atoms with Crippen LogP contribution in [0.15, 0.2) is 18.2 Å². The van der Waals surface area contributed by atoms with Crippen molar-refractivity contribution in [3.05, 3.63) is 28.8 Å². The van der Waals surface area contributed by atoms with Crippen LogP contribution < -0.4 is 9.62 Å². The minimum Gasteiger partial charge on any atom is -0.352 e. The summed E-state index contributed by atoms with van der Waals surface area (Å²) in [5.74, 6) is -1.64. The molecule has 0 saturated carbocycles. The van der Waals surface area contributed by atoms with E-state index in [1.54, 1.807) is 6.92 Å². The Hall–Kier alpha value is -1.64. The minimum absolute atomic E-state index is 0.102. The topological polar surface area (TPSA) is 86.8 Å². The molecule has 0 radical (unpaired) electrons. The van der Waals surface area contributed by atoms with Gasteiger partial charge in [0.2, 0.25) is 15.9 Å². The summed E-state index contributed by atoms with van der Waals surface area (Å²) in [4.78, 5) is 26.3. The van der Waals surface area contributed by atoms with Crippen molar-refractivity contribution >= 4 is 39.1 Å². The van der Waals surface area contributed by atoms with Crippen molar-refractivity contribution in [1.29, 1.82) is 0 Å². The Kier molecular flexibility index (Phi) is 6.08. The zero-order valence-electron chi connectivity index (χ0n) is 14.5. The van der Waals surface area contributed by atoms with Gasteiger partial charge in [-0.05, 0) is 45.3 Å². The molecular formula is C16H22ClN3O4S. The van der Waals surface area contributed by atoms with Crippen molar-refractivity contribution in [2.24, 2.45) is 5.92 Å². The van der Waals surface area contributed by atoms with Crippen LogP contribution in [0.3, 0.4) is 0 Å². The van der Waals surface area contributed by atoms with E-state index in [1.165, 1.54) is 18.2 Å². The molecule has 1 saturated heterocycles. The fourth-order valence-corrected chi connectivity index (χ4v) is 4.67. The van der Waals surface area contributed by atoms with Gasteiger partial charge < -0.3 is 10.2 Å². The number of carbonyl (C=O) groups is 2. The number of amides is 2. The van der Waals surface area contributed by atoms with Crippen molar-refractivity contribution < 1.29 is 18.0 Å². The second-order valence-corrected chi connectivity index (χ2v) is 8.63. The number of hydrogen-bond acceptors (Lipinski definition) is 5. The molecular weight excluding hydrogens is 366 g/mol. The molecule has 1 unspecified atom stereocenters. The average Bonchev–Trinajstić information content (AvgIpc) is 2.71. The quantitative estimate of drug-likeness (QED) is 0.744. The molecule has 1 aromatic carbocycles. The summed E-state index contributed by atoms with van der Waals surface area (Å²) >= 11 is 6.14. The highest BCUT2D eigenvalue weighted by molar-refractivity contribution is 7.94. The molecule has 138 valence electrons. The van der Waals surface area contributed by atoms with Crippen molar-refractivity contribution in [3.63, 3.8) is 0 Å². The first kappa shape index (κ1) is 19.7. The van der Waals surface area contributed by atoms with Gasteiger partial charge in [-0.15, -0.1) is 0 Å². The second-order valence-electron chi connectivity index (χ2n) is 6.36. The van der Waals surface area contributed by atoms with Crippen molar-refractivity contribution in [2.75, 3.05) is 37.2 Å². The van der Waals surface area contributed by atoms with Gasteiger partial charge in [0.05, 0.1) is 27.9 Å². The van der Waals surface area contributed by atoms with Crippen LogP contribution in [-0.2, 0) is 14.8 Å². The Morgan fingerprint density at radius 3 is 2.60 bits per heavy atom. The van der Waals surface area contributed by atoms with Crippen molar-refractivity contribution in [3.8, 4) is 0 Å². The smallest absolute Gasteiger partial charge is 0.252 e. The lowest BCUT2D eigenvalue weighted by Gasteiger charge is -2.16. The zero-order chi connectivity index (χ0) is 18.8. The summed E-state index contributed by atoms with van der Waals surface area (Å²) in [5, 5.41) is 2.87. The third-order valence-electron chi connectivity index (χ3n) is 3.86. The van der Waals surface area contributed by atoms with Gasteiger partial charge in [0, 0.05) is 6.54 Å². The fraction of sp³-hybridized carbons (Fsp3) is 0.500. The molecule has 0 aromatic heterocycles. The molecule has 1 aliphatic rings. The molecule has 1 atom stereocenters. The molecule has 0 aliphatic carbocycles. The normalized spacial score (nSPS) is 19.5. The third kappa shape index (κ3) is 4.50. The number of nitrogens with one attached hydrogen (secondary N) is 1. The molecule has 9 heteroatoms. The van der Waals surface area contributed by atoms with E-state index in [1.807, 2.05) is 19.0 Å². The zero-order valence-corrected chi connectivity index (χ0v) is 16.0. The van der Waals surface area contributed by atoms with Gasteiger partial charge in [0.15, 0.2) is 0 Å². The predicted octanol–water partition coefficient (Wildman–Crippen LogP) is 1.33. The molecule has 2 rings (SSSR count). The third-order valence-corrected chi connectivity index (χ3v) is 6.04. The maximum absolute atomic E-state index is 12.2. The average molecular weight is 388 g/mol. The first-order valence-electron chi connectivity index (χ1n) is 7.93. The standard InChI is InChI=1S/C16H22ClN3O4S/c1-11-10-25(23,24)20(16(11)22)12-5-6-13(14(17)9-12)15(21)18-7-4-8-19(2)3/h5-6,9,11H,4,7-8,10H2,1-3H3,(H,18,21). The summed E-state index contributed by atoms with van der Waals surface area (Å²) in [5.41, 5.74) is 0.399. The summed E-state index contributed by atoms with van der Waals surface area (Å²) in [6.45, 7) is 2.92. The van der Waals surface area contributed by atoms with Gasteiger partial charge in [-0.3, -0.25) is 9.59 Å². The molecule has 1 aliphatic heterocycles. The highest BCUT2D eigenvalue weighted by Crippen LogP contribution is 2.31. The number of rotatable bonds is 6. The molecule has 0 spiro atoms. The molecule has 1 heterocycles. The van der Waals surface area contributed by atoms with Gasteiger partial charge in [-0.25, -0.2) is 12.7 Å². The fourth-order valence-electron chi connectivity index (χ4n) is 2.59. The van der Waals surface area contributed by atoms with Gasteiger partial charge >= 0.3 is 0 Å². The molecule has 25 heavy (non-hydrogen) atoms. The van der Waals surface area contributed by atoms with E-state index in [9.17, 15) is 18.0 Å². The summed E-state index contributed by atoms with van der Waals surface area (Å²) < 4.78 is 25.0. The van der Waals surface area contributed by atoms with E-state index in [0.717, 1.165) is 17.3 Å². The summed E-state index contributed by atoms with van der Waals surface area (Å²) in [7, 11) is 0.207. The lowest BCUT2D eigenvalue weighted by atomic mass is 10.1. The van der Waals surface area contributed by atoms with Gasteiger partial charge in [0.25, 0.3) is 5.91 Å². The molecule has 0 bridgehead atoms. The number of benzene rings is 1. The maximum Gasteiger partial charge on any atom is 0.252 e. The molecule has 1 N–H and O–H groups in total. The Morgan fingerprint density at radius 2 is 2.08 bits per heavy atom. The van der Waals surface area contributed by atoms with Gasteiger partial charge in [-0.1, -0.05) is 18.5 Å². The molecule has 1 fully saturated rings. The number of sulfonamides is 1. The predicted molar refractivity (Wildman–Crippen MR) is 97.4 cm³/mol. The highest BCUT2D eigenvalue weighted by Gasteiger charge is 2.42. The second kappa shape index (κ2) is 7.72. The Labute approximate surface area is 153 Å². The van der Waals surface area contributed by atoms with Crippen LogP contribution in [-0.4, -0.2) is 58.1 Å². The monoisotopic (exact) mass is 387 g/mol. The lowest BCUT2D eigenvalue weighted by Crippen LogP contribution is -2.30. The number of nitrogens with zero attached hydrogens (tertiary/aromatic N) is 2. The van der Waals surface area contributed by atoms with E-state index < -0.39 is 21.8 Å². The number of carbonyl (C=O) groups excluding carboxylic acids is 2. The lowest BCUT2D eigenvalue weighted by molar-refractivity contribution is -0.119. The summed E-state index contributed by atoms with van der Waals surface area (Å²) in [6.07, 6.45) is 0.798. The van der Waals surface area contributed by atoms with E-state index in [-0.39, 0.29) is 27.9 Å².